The third kappa shape index (κ3) is 4.47. The molecule has 0 aromatic rings. The highest BCUT2D eigenvalue weighted by Crippen LogP contribution is 2.29. The van der Waals surface area contributed by atoms with Crippen LogP contribution < -0.4 is 5.32 Å². The molecule has 3 nitrogen and oxygen atoms in total. The smallest absolute Gasteiger partial charge is 0.323 e. The van der Waals surface area contributed by atoms with E-state index in [1.165, 1.54) is 32.1 Å². The highest BCUT2D eigenvalue weighted by molar-refractivity contribution is 7.99. The van der Waals surface area contributed by atoms with Crippen LogP contribution >= 0.6 is 11.8 Å². The Morgan fingerprint density at radius 1 is 1.39 bits per heavy atom. The molecule has 18 heavy (non-hydrogen) atoms. The lowest BCUT2D eigenvalue weighted by Gasteiger charge is -2.28. The van der Waals surface area contributed by atoms with Gasteiger partial charge in [0.05, 0.1) is 0 Å². The summed E-state index contributed by atoms with van der Waals surface area (Å²) < 4.78 is 0. The second-order valence-corrected chi connectivity index (χ2v) is 6.63. The monoisotopic (exact) mass is 273 g/mol. The molecule has 0 amide bonds. The van der Waals surface area contributed by atoms with Gasteiger partial charge in [0, 0.05) is 5.25 Å². The van der Waals surface area contributed by atoms with Crippen molar-refractivity contribution in [1.82, 2.24) is 5.32 Å². The lowest BCUT2D eigenvalue weighted by Crippen LogP contribution is -2.49. The fraction of sp³-hybridized carbons (Fsp3) is 0.929. The van der Waals surface area contributed by atoms with E-state index in [-0.39, 0.29) is 0 Å². The van der Waals surface area contributed by atoms with Gasteiger partial charge in [-0.2, -0.15) is 11.8 Å². The molecule has 106 valence electrons. The highest BCUT2D eigenvalue weighted by Gasteiger charge is 2.34. The van der Waals surface area contributed by atoms with E-state index in [2.05, 4.69) is 17.1 Å². The van der Waals surface area contributed by atoms with Gasteiger partial charge in [-0.05, 0) is 44.9 Å². The maximum Gasteiger partial charge on any atom is 0.323 e. The molecule has 0 spiro atoms. The average Bonchev–Trinajstić information content (AvgIpc) is 2.40. The molecule has 0 bridgehead atoms. The summed E-state index contributed by atoms with van der Waals surface area (Å²) in [6, 6.07) is 0. The molecule has 0 aliphatic heterocycles. The van der Waals surface area contributed by atoms with Gasteiger partial charge in [0.15, 0.2) is 0 Å². The van der Waals surface area contributed by atoms with Crippen molar-refractivity contribution in [2.75, 3.05) is 12.8 Å². The van der Waals surface area contributed by atoms with Crippen molar-refractivity contribution in [3.05, 3.63) is 0 Å². The van der Waals surface area contributed by atoms with Crippen LogP contribution in [-0.2, 0) is 4.79 Å². The molecule has 2 N–H and O–H groups in total. The van der Waals surface area contributed by atoms with Crippen LogP contribution in [0.3, 0.4) is 0 Å². The van der Waals surface area contributed by atoms with Crippen LogP contribution in [0.5, 0.6) is 0 Å². The molecule has 0 heterocycles. The maximum absolute atomic E-state index is 11.3. The number of thioether (sulfide) groups is 1. The third-order valence-electron chi connectivity index (χ3n) is 4.15. The van der Waals surface area contributed by atoms with E-state index in [9.17, 15) is 9.90 Å². The summed E-state index contributed by atoms with van der Waals surface area (Å²) in [6.07, 6.45) is 9.23. The second-order valence-electron chi connectivity index (χ2n) is 5.23. The van der Waals surface area contributed by atoms with Crippen molar-refractivity contribution in [1.29, 1.82) is 0 Å². The number of hydrogen-bond acceptors (Lipinski definition) is 3. The van der Waals surface area contributed by atoms with E-state index in [0.29, 0.717) is 6.42 Å². The third-order valence-corrected chi connectivity index (χ3v) is 5.61. The van der Waals surface area contributed by atoms with Crippen molar-refractivity contribution in [3.8, 4) is 0 Å². The minimum atomic E-state index is -0.715. The minimum Gasteiger partial charge on any atom is -0.480 e. The number of rotatable bonds is 8. The zero-order valence-corrected chi connectivity index (χ0v) is 12.5. The number of carbonyl (C=O) groups is 1. The van der Waals surface area contributed by atoms with Crippen LogP contribution in [-0.4, -0.2) is 34.7 Å². The first-order valence-corrected chi connectivity index (χ1v) is 8.23. The Kier molecular flexibility index (Phi) is 7.08. The number of carboxylic acid groups (broad SMARTS) is 1. The summed E-state index contributed by atoms with van der Waals surface area (Å²) in [5, 5.41) is 13.1. The zero-order valence-electron chi connectivity index (χ0n) is 11.7. The first-order chi connectivity index (χ1) is 8.64. The van der Waals surface area contributed by atoms with Gasteiger partial charge in [0.1, 0.15) is 5.54 Å². The molecule has 0 saturated heterocycles. The average molecular weight is 273 g/mol. The van der Waals surface area contributed by atoms with Crippen LogP contribution in [0.4, 0.5) is 0 Å². The second kappa shape index (κ2) is 8.05. The van der Waals surface area contributed by atoms with Gasteiger partial charge in [-0.1, -0.05) is 26.2 Å². The van der Waals surface area contributed by atoms with Crippen molar-refractivity contribution in [3.63, 3.8) is 0 Å². The molecule has 1 aliphatic carbocycles. The van der Waals surface area contributed by atoms with Gasteiger partial charge >= 0.3 is 5.97 Å². The molecule has 4 heteroatoms. The van der Waals surface area contributed by atoms with Crippen LogP contribution in [0.15, 0.2) is 0 Å². The Bertz CT molecular complexity index is 248. The molecule has 0 aromatic heterocycles. The van der Waals surface area contributed by atoms with Gasteiger partial charge in [0.25, 0.3) is 0 Å². The van der Waals surface area contributed by atoms with E-state index < -0.39 is 11.5 Å². The number of aliphatic carboxylic acids is 1. The van der Waals surface area contributed by atoms with Gasteiger partial charge in [0.2, 0.25) is 0 Å². The standard InChI is InChI=1S/C14H27NO2S/c1-3-14(15-2,13(16)17)10-7-11-18-12-8-5-4-6-9-12/h12,15H,3-11H2,1-2H3,(H,16,17). The van der Waals surface area contributed by atoms with E-state index in [1.807, 2.05) is 6.92 Å². The molecule has 1 unspecified atom stereocenters. The van der Waals surface area contributed by atoms with Gasteiger partial charge in [-0.3, -0.25) is 4.79 Å². The Balaban J connectivity index is 2.24. The number of carboxylic acids is 1. The van der Waals surface area contributed by atoms with Gasteiger partial charge in [-0.15, -0.1) is 0 Å². The highest BCUT2D eigenvalue weighted by atomic mass is 32.2. The van der Waals surface area contributed by atoms with E-state index >= 15 is 0 Å². The Labute approximate surface area is 115 Å². The summed E-state index contributed by atoms with van der Waals surface area (Å²) in [6.45, 7) is 1.94. The van der Waals surface area contributed by atoms with E-state index in [4.69, 9.17) is 0 Å². The molecule has 1 saturated carbocycles. The predicted molar refractivity (Wildman–Crippen MR) is 78.3 cm³/mol. The molecule has 1 aliphatic rings. The van der Waals surface area contributed by atoms with E-state index in [0.717, 1.165) is 23.8 Å². The number of nitrogens with one attached hydrogen (secondary N) is 1. The molecule has 1 atom stereocenters. The maximum atomic E-state index is 11.3. The van der Waals surface area contributed by atoms with Gasteiger partial charge < -0.3 is 10.4 Å². The summed E-state index contributed by atoms with van der Waals surface area (Å²) >= 11 is 2.05. The number of hydrogen-bond donors (Lipinski definition) is 2. The Morgan fingerprint density at radius 3 is 2.56 bits per heavy atom. The summed E-state index contributed by atoms with van der Waals surface area (Å²) in [4.78, 5) is 11.3. The topological polar surface area (TPSA) is 49.3 Å². The van der Waals surface area contributed by atoms with Crippen molar-refractivity contribution in [2.24, 2.45) is 0 Å². The zero-order chi connectivity index (χ0) is 13.4. The normalized spacial score (nSPS) is 20.6. The molecular formula is C14H27NO2S. The fourth-order valence-electron chi connectivity index (χ4n) is 2.70. The fourth-order valence-corrected chi connectivity index (χ4v) is 4.01. The first kappa shape index (κ1) is 15.8. The molecule has 1 rings (SSSR count). The molecular weight excluding hydrogens is 246 g/mol. The van der Waals surface area contributed by atoms with Crippen LogP contribution in [0.2, 0.25) is 0 Å². The molecule has 1 fully saturated rings. The van der Waals surface area contributed by atoms with Gasteiger partial charge in [-0.25, -0.2) is 0 Å². The SMILES string of the molecule is CCC(CCCSC1CCCCC1)(NC)C(=O)O. The van der Waals surface area contributed by atoms with Crippen LogP contribution in [0.25, 0.3) is 0 Å². The van der Waals surface area contributed by atoms with Crippen LogP contribution in [0.1, 0.15) is 58.3 Å². The lowest BCUT2D eigenvalue weighted by atomic mass is 9.91. The van der Waals surface area contributed by atoms with Crippen LogP contribution in [0, 0.1) is 0 Å². The Morgan fingerprint density at radius 2 is 2.06 bits per heavy atom. The molecule has 0 radical (unpaired) electrons. The van der Waals surface area contributed by atoms with Crippen molar-refractivity contribution >= 4 is 17.7 Å². The van der Waals surface area contributed by atoms with Crippen molar-refractivity contribution < 1.29 is 9.90 Å². The first-order valence-electron chi connectivity index (χ1n) is 7.18. The lowest BCUT2D eigenvalue weighted by molar-refractivity contribution is -0.145. The number of likely N-dealkylation sites (N-methyl/N-ethyl adjacent to an activating group) is 1. The van der Waals surface area contributed by atoms with Crippen molar-refractivity contribution in [2.45, 2.75) is 69.1 Å². The summed E-state index contributed by atoms with van der Waals surface area (Å²) in [7, 11) is 1.76. The largest absolute Gasteiger partial charge is 0.480 e. The predicted octanol–water partition coefficient (Wildman–Crippen LogP) is 3.29. The summed E-state index contributed by atoms with van der Waals surface area (Å²) in [5.41, 5.74) is -0.715. The minimum absolute atomic E-state index is 0.646. The quantitative estimate of drug-likeness (QED) is 0.666. The Hall–Kier alpha value is -0.220. The summed E-state index contributed by atoms with van der Waals surface area (Å²) in [5.74, 6) is 0.386. The van der Waals surface area contributed by atoms with E-state index in [1.54, 1.807) is 7.05 Å². The molecule has 0 aromatic carbocycles.